The lowest BCUT2D eigenvalue weighted by Gasteiger charge is -2.03. The summed E-state index contributed by atoms with van der Waals surface area (Å²) in [7, 11) is 0. The summed E-state index contributed by atoms with van der Waals surface area (Å²) in [5.74, 6) is -0.382. The summed E-state index contributed by atoms with van der Waals surface area (Å²) in [5.41, 5.74) is 3.76. The molecule has 0 spiro atoms. The molecule has 0 atom stereocenters. The summed E-state index contributed by atoms with van der Waals surface area (Å²) >= 11 is 6.25. The molecule has 0 bridgehead atoms. The minimum Gasteiger partial charge on any atom is -0.461 e. The van der Waals surface area contributed by atoms with Gasteiger partial charge < -0.3 is 9.72 Å². The quantitative estimate of drug-likeness (QED) is 0.717. The number of aromatic amines is 2. The zero-order valence-corrected chi connectivity index (χ0v) is 12.6. The Hall–Kier alpha value is -2.53. The van der Waals surface area contributed by atoms with E-state index in [1.165, 1.54) is 0 Å². The molecule has 0 aliphatic heterocycles. The molecule has 1 aromatic carbocycles. The lowest BCUT2D eigenvalue weighted by molar-refractivity contribution is 0.0520. The van der Waals surface area contributed by atoms with Crippen LogP contribution in [0.15, 0.2) is 42.7 Å². The van der Waals surface area contributed by atoms with Gasteiger partial charge in [-0.05, 0) is 19.1 Å². The van der Waals surface area contributed by atoms with Gasteiger partial charge in [0.15, 0.2) is 0 Å². The van der Waals surface area contributed by atoms with E-state index in [0.29, 0.717) is 17.3 Å². The smallest absolute Gasteiger partial charge is 0.354 e. The average Bonchev–Trinajstić information content (AvgIpc) is 3.17. The van der Waals surface area contributed by atoms with Gasteiger partial charge in [-0.2, -0.15) is 5.10 Å². The average molecular weight is 316 g/mol. The van der Waals surface area contributed by atoms with Gasteiger partial charge in [-0.25, -0.2) is 4.79 Å². The van der Waals surface area contributed by atoms with E-state index in [1.54, 1.807) is 25.4 Å². The van der Waals surface area contributed by atoms with E-state index >= 15 is 0 Å². The monoisotopic (exact) mass is 315 g/mol. The van der Waals surface area contributed by atoms with E-state index in [1.807, 2.05) is 24.3 Å². The molecular weight excluding hydrogens is 302 g/mol. The maximum absolute atomic E-state index is 11.7. The van der Waals surface area contributed by atoms with Crippen LogP contribution in [-0.2, 0) is 4.74 Å². The van der Waals surface area contributed by atoms with Crippen molar-refractivity contribution < 1.29 is 9.53 Å². The van der Waals surface area contributed by atoms with Crippen molar-refractivity contribution in [2.24, 2.45) is 0 Å². The van der Waals surface area contributed by atoms with Gasteiger partial charge in [-0.15, -0.1) is 0 Å². The summed E-state index contributed by atoms with van der Waals surface area (Å²) < 4.78 is 4.98. The number of benzene rings is 1. The van der Waals surface area contributed by atoms with Crippen molar-refractivity contribution in [3.63, 3.8) is 0 Å². The number of H-pyrrole nitrogens is 2. The SMILES string of the molecule is CCOC(=O)c1cc(-c2[nH]ncc2-c2ccccc2Cl)c[nH]1. The molecule has 2 heterocycles. The fourth-order valence-corrected chi connectivity index (χ4v) is 2.49. The first-order valence-corrected chi connectivity index (χ1v) is 7.22. The Balaban J connectivity index is 1.99. The molecule has 3 rings (SSSR count). The van der Waals surface area contributed by atoms with Crippen molar-refractivity contribution in [1.29, 1.82) is 0 Å². The molecule has 0 unspecified atom stereocenters. The second-order valence-electron chi connectivity index (χ2n) is 4.66. The van der Waals surface area contributed by atoms with Crippen LogP contribution >= 0.6 is 11.6 Å². The summed E-state index contributed by atoms with van der Waals surface area (Å²) in [6, 6.07) is 9.27. The molecule has 2 aromatic heterocycles. The second kappa shape index (κ2) is 6.07. The molecule has 3 aromatic rings. The Bertz CT molecular complexity index is 807. The summed E-state index contributed by atoms with van der Waals surface area (Å²) in [6.45, 7) is 2.11. The Morgan fingerprint density at radius 2 is 2.14 bits per heavy atom. The fourth-order valence-electron chi connectivity index (χ4n) is 2.26. The van der Waals surface area contributed by atoms with Gasteiger partial charge >= 0.3 is 5.97 Å². The van der Waals surface area contributed by atoms with Crippen molar-refractivity contribution in [2.75, 3.05) is 6.61 Å². The van der Waals surface area contributed by atoms with Gasteiger partial charge in [0.2, 0.25) is 0 Å². The zero-order chi connectivity index (χ0) is 15.5. The first kappa shape index (κ1) is 14.4. The number of carbonyl (C=O) groups is 1. The normalized spacial score (nSPS) is 10.6. The minimum atomic E-state index is -0.382. The number of carbonyl (C=O) groups excluding carboxylic acids is 1. The maximum atomic E-state index is 11.7. The van der Waals surface area contributed by atoms with Crippen LogP contribution in [-0.4, -0.2) is 27.8 Å². The van der Waals surface area contributed by atoms with E-state index < -0.39 is 0 Å². The van der Waals surface area contributed by atoms with Crippen LogP contribution in [0.3, 0.4) is 0 Å². The minimum absolute atomic E-state index is 0.335. The highest BCUT2D eigenvalue weighted by molar-refractivity contribution is 6.33. The van der Waals surface area contributed by atoms with Gasteiger partial charge in [0.05, 0.1) is 18.5 Å². The summed E-state index contributed by atoms with van der Waals surface area (Å²) in [6.07, 6.45) is 3.45. The van der Waals surface area contributed by atoms with Crippen LogP contribution in [0.25, 0.3) is 22.4 Å². The number of aromatic nitrogens is 3. The molecule has 0 aliphatic rings. The first-order chi connectivity index (χ1) is 10.7. The van der Waals surface area contributed by atoms with Crippen LogP contribution in [0, 0.1) is 0 Å². The highest BCUT2D eigenvalue weighted by Crippen LogP contribution is 2.34. The molecule has 6 heteroatoms. The molecule has 0 amide bonds. The standard InChI is InChI=1S/C16H14ClN3O2/c1-2-22-16(21)14-7-10(8-18-14)15-12(9-19-20-15)11-5-3-4-6-13(11)17/h3-9,18H,2H2,1H3,(H,19,20). The summed E-state index contributed by atoms with van der Waals surface area (Å²) in [5, 5.41) is 7.69. The van der Waals surface area contributed by atoms with Crippen molar-refractivity contribution in [3.05, 3.63) is 53.4 Å². The van der Waals surface area contributed by atoms with E-state index in [0.717, 1.165) is 22.4 Å². The predicted octanol–water partition coefficient (Wildman–Crippen LogP) is 3.90. The number of nitrogens with zero attached hydrogens (tertiary/aromatic N) is 1. The molecule has 112 valence electrons. The van der Waals surface area contributed by atoms with Gasteiger partial charge in [0, 0.05) is 27.9 Å². The second-order valence-corrected chi connectivity index (χ2v) is 5.07. The van der Waals surface area contributed by atoms with Crippen molar-refractivity contribution in [2.45, 2.75) is 6.92 Å². The van der Waals surface area contributed by atoms with Crippen LogP contribution in [0.5, 0.6) is 0 Å². The van der Waals surface area contributed by atoms with E-state index in [4.69, 9.17) is 16.3 Å². The zero-order valence-electron chi connectivity index (χ0n) is 11.9. The van der Waals surface area contributed by atoms with E-state index in [9.17, 15) is 4.79 Å². The molecule has 2 N–H and O–H groups in total. The van der Waals surface area contributed by atoms with Crippen molar-refractivity contribution in [1.82, 2.24) is 15.2 Å². The maximum Gasteiger partial charge on any atom is 0.354 e. The molecule has 0 radical (unpaired) electrons. The van der Waals surface area contributed by atoms with Crippen LogP contribution in [0.2, 0.25) is 5.02 Å². The Morgan fingerprint density at radius 3 is 2.91 bits per heavy atom. The number of hydrogen-bond acceptors (Lipinski definition) is 3. The van der Waals surface area contributed by atoms with Gasteiger partial charge in [0.25, 0.3) is 0 Å². The molecule has 0 fully saturated rings. The number of ether oxygens (including phenoxy) is 1. The third-order valence-electron chi connectivity index (χ3n) is 3.27. The molecule has 22 heavy (non-hydrogen) atoms. The lowest BCUT2D eigenvalue weighted by Crippen LogP contribution is -2.04. The third-order valence-corrected chi connectivity index (χ3v) is 3.60. The summed E-state index contributed by atoms with van der Waals surface area (Å²) in [4.78, 5) is 14.7. The van der Waals surface area contributed by atoms with Crippen molar-refractivity contribution >= 4 is 17.6 Å². The molecule has 0 saturated carbocycles. The van der Waals surface area contributed by atoms with E-state index in [2.05, 4.69) is 15.2 Å². The highest BCUT2D eigenvalue weighted by Gasteiger charge is 2.16. The molecule has 0 saturated heterocycles. The Morgan fingerprint density at radius 1 is 1.32 bits per heavy atom. The fraction of sp³-hybridized carbons (Fsp3) is 0.125. The Labute approximate surface area is 132 Å². The number of hydrogen-bond donors (Lipinski definition) is 2. The van der Waals surface area contributed by atoms with Crippen LogP contribution in [0.4, 0.5) is 0 Å². The van der Waals surface area contributed by atoms with Crippen LogP contribution in [0.1, 0.15) is 17.4 Å². The molecule has 5 nitrogen and oxygen atoms in total. The predicted molar refractivity (Wildman–Crippen MR) is 84.8 cm³/mol. The largest absolute Gasteiger partial charge is 0.461 e. The van der Waals surface area contributed by atoms with Gasteiger partial charge in [-0.3, -0.25) is 5.10 Å². The number of nitrogens with one attached hydrogen (secondary N) is 2. The van der Waals surface area contributed by atoms with Gasteiger partial charge in [0.1, 0.15) is 5.69 Å². The van der Waals surface area contributed by atoms with Crippen molar-refractivity contribution in [3.8, 4) is 22.4 Å². The molecular formula is C16H14ClN3O2. The topological polar surface area (TPSA) is 70.8 Å². The van der Waals surface area contributed by atoms with E-state index in [-0.39, 0.29) is 5.97 Å². The number of rotatable bonds is 4. The number of esters is 1. The molecule has 0 aliphatic carbocycles. The van der Waals surface area contributed by atoms with Crippen LogP contribution < -0.4 is 0 Å². The highest BCUT2D eigenvalue weighted by atomic mass is 35.5. The Kier molecular flexibility index (Phi) is 3.98. The lowest BCUT2D eigenvalue weighted by atomic mass is 10.0. The number of halogens is 1. The van der Waals surface area contributed by atoms with Gasteiger partial charge in [-0.1, -0.05) is 29.8 Å². The third kappa shape index (κ3) is 2.63. The first-order valence-electron chi connectivity index (χ1n) is 6.85.